The summed E-state index contributed by atoms with van der Waals surface area (Å²) in [5, 5.41) is 12.8. The molecule has 2 aromatic carbocycles. The van der Waals surface area contributed by atoms with E-state index in [0.29, 0.717) is 6.61 Å². The maximum absolute atomic E-state index is 10.3. The van der Waals surface area contributed by atoms with Crippen LogP contribution in [0.3, 0.4) is 0 Å². The Kier molecular flexibility index (Phi) is 6.47. The third kappa shape index (κ3) is 4.03. The molecule has 0 aliphatic carbocycles. The fourth-order valence-electron chi connectivity index (χ4n) is 4.01. The van der Waals surface area contributed by atoms with Crippen molar-refractivity contribution in [2.75, 3.05) is 6.61 Å². The van der Waals surface area contributed by atoms with Gasteiger partial charge in [-0.1, -0.05) is 104 Å². The summed E-state index contributed by atoms with van der Waals surface area (Å²) in [6, 6.07) is 21.2. The molecule has 2 aromatic rings. The minimum absolute atomic E-state index is 0.0378. The minimum atomic E-state index is -2.56. The highest BCUT2D eigenvalue weighted by atomic mass is 127. The third-order valence-electron chi connectivity index (χ3n) is 5.43. The maximum atomic E-state index is 10.3. The molecule has 0 saturated carbocycles. The molecule has 146 valence electrons. The van der Waals surface area contributed by atoms with Crippen LogP contribution < -0.4 is 10.4 Å². The molecule has 5 heteroatoms. The van der Waals surface area contributed by atoms with Gasteiger partial charge in [0, 0.05) is 0 Å². The third-order valence-corrected chi connectivity index (χ3v) is 12.0. The lowest BCUT2D eigenvalue weighted by molar-refractivity contribution is 0.00380. The molecular formula is C22H29IO3Si. The largest absolute Gasteiger partial charge is 0.405 e. The van der Waals surface area contributed by atoms with Crippen molar-refractivity contribution in [1.29, 1.82) is 0 Å². The molecule has 1 N–H and O–H groups in total. The number of hydrogen-bond donors (Lipinski definition) is 1. The Morgan fingerprint density at radius 3 is 1.85 bits per heavy atom. The van der Waals surface area contributed by atoms with Gasteiger partial charge in [0.15, 0.2) is 0 Å². The normalized spacial score (nSPS) is 26.3. The summed E-state index contributed by atoms with van der Waals surface area (Å²) in [6.45, 7) is 9.23. The summed E-state index contributed by atoms with van der Waals surface area (Å²) in [4.78, 5) is 0. The Morgan fingerprint density at radius 1 is 1.00 bits per heavy atom. The standard InChI is InChI=1S/C22H29IO3Si/c1-16-21(24)20(23)19(26-16)15-25-27(22(2,3)4,17-11-7-5-8-12-17)18-13-9-6-10-14-18/h5-14,16,19-21,24H,15H2,1-4H3/t16-,19+,20-,21-/m0/s1. The van der Waals surface area contributed by atoms with E-state index in [2.05, 4.69) is 104 Å². The first-order valence-corrected chi connectivity index (χ1v) is 12.7. The minimum Gasteiger partial charge on any atom is -0.405 e. The van der Waals surface area contributed by atoms with Gasteiger partial charge in [0.05, 0.1) is 28.8 Å². The van der Waals surface area contributed by atoms with Gasteiger partial charge >= 0.3 is 0 Å². The van der Waals surface area contributed by atoms with Gasteiger partial charge in [-0.05, 0) is 22.3 Å². The SMILES string of the molecule is C[C@@H]1O[C@H](CO[Si](c2ccccc2)(c2ccccc2)C(C)(C)C)[C@H](I)[C@H]1O. The Labute approximate surface area is 177 Å². The monoisotopic (exact) mass is 496 g/mol. The summed E-state index contributed by atoms with van der Waals surface area (Å²) < 4.78 is 13.0. The molecule has 0 spiro atoms. The lowest BCUT2D eigenvalue weighted by atomic mass is 10.1. The van der Waals surface area contributed by atoms with Crippen LogP contribution in [-0.2, 0) is 9.16 Å². The van der Waals surface area contributed by atoms with Crippen molar-refractivity contribution in [1.82, 2.24) is 0 Å². The zero-order valence-electron chi connectivity index (χ0n) is 16.4. The van der Waals surface area contributed by atoms with Gasteiger partial charge < -0.3 is 14.3 Å². The summed E-state index contributed by atoms with van der Waals surface area (Å²) >= 11 is 2.30. The number of rotatable bonds is 5. The molecular weight excluding hydrogens is 467 g/mol. The lowest BCUT2D eigenvalue weighted by Gasteiger charge is -2.43. The van der Waals surface area contributed by atoms with Crippen molar-refractivity contribution in [3.05, 3.63) is 60.7 Å². The first-order valence-electron chi connectivity index (χ1n) is 9.50. The van der Waals surface area contributed by atoms with Crippen LogP contribution >= 0.6 is 22.6 Å². The van der Waals surface area contributed by atoms with Gasteiger partial charge in [-0.3, -0.25) is 0 Å². The first kappa shape index (κ1) is 21.0. The Balaban J connectivity index is 2.02. The van der Waals surface area contributed by atoms with Gasteiger partial charge in [-0.2, -0.15) is 0 Å². The highest BCUT2D eigenvalue weighted by molar-refractivity contribution is 14.1. The maximum Gasteiger partial charge on any atom is 0.261 e. The van der Waals surface area contributed by atoms with E-state index in [9.17, 15) is 5.11 Å². The van der Waals surface area contributed by atoms with Gasteiger partial charge in [-0.15, -0.1) is 0 Å². The number of aliphatic hydroxyl groups is 1. The van der Waals surface area contributed by atoms with E-state index in [-0.39, 0.29) is 21.2 Å². The second kappa shape index (κ2) is 8.33. The molecule has 0 amide bonds. The topological polar surface area (TPSA) is 38.7 Å². The molecule has 0 aromatic heterocycles. The smallest absolute Gasteiger partial charge is 0.261 e. The van der Waals surface area contributed by atoms with Crippen LogP contribution in [0.1, 0.15) is 27.7 Å². The van der Waals surface area contributed by atoms with E-state index in [1.54, 1.807) is 0 Å². The Morgan fingerprint density at radius 2 is 1.48 bits per heavy atom. The fourth-order valence-corrected chi connectivity index (χ4v) is 9.54. The van der Waals surface area contributed by atoms with Gasteiger partial charge in [0.25, 0.3) is 8.32 Å². The van der Waals surface area contributed by atoms with Gasteiger partial charge in [0.2, 0.25) is 0 Å². The second-order valence-electron chi connectivity index (χ2n) is 8.29. The molecule has 3 rings (SSSR count). The average molecular weight is 496 g/mol. The van der Waals surface area contributed by atoms with E-state index >= 15 is 0 Å². The predicted octanol–water partition coefficient (Wildman–Crippen LogP) is 3.51. The molecule has 1 fully saturated rings. The van der Waals surface area contributed by atoms with E-state index in [1.165, 1.54) is 10.4 Å². The van der Waals surface area contributed by atoms with Crippen LogP contribution in [0.15, 0.2) is 60.7 Å². The summed E-state index contributed by atoms with van der Waals surface area (Å²) in [7, 11) is -2.56. The van der Waals surface area contributed by atoms with Crippen LogP contribution in [0.25, 0.3) is 0 Å². The molecule has 1 saturated heterocycles. The lowest BCUT2D eigenvalue weighted by Crippen LogP contribution is -2.67. The van der Waals surface area contributed by atoms with Gasteiger partial charge in [-0.25, -0.2) is 0 Å². The van der Waals surface area contributed by atoms with E-state index in [4.69, 9.17) is 9.16 Å². The number of benzene rings is 2. The second-order valence-corrected chi connectivity index (χ2v) is 14.0. The molecule has 0 bridgehead atoms. The van der Waals surface area contributed by atoms with Crippen molar-refractivity contribution in [3.63, 3.8) is 0 Å². The number of aliphatic hydroxyl groups excluding tert-OH is 1. The molecule has 1 aliphatic rings. The van der Waals surface area contributed by atoms with Crippen molar-refractivity contribution >= 4 is 41.3 Å². The molecule has 1 aliphatic heterocycles. The highest BCUT2D eigenvalue weighted by Gasteiger charge is 2.51. The molecule has 3 nitrogen and oxygen atoms in total. The van der Waals surface area contributed by atoms with Crippen LogP contribution in [0.4, 0.5) is 0 Å². The number of halogens is 1. The van der Waals surface area contributed by atoms with Crippen molar-refractivity contribution in [2.24, 2.45) is 0 Å². The number of ether oxygens (including phenoxy) is 1. The van der Waals surface area contributed by atoms with Crippen molar-refractivity contribution in [3.8, 4) is 0 Å². The average Bonchev–Trinajstić information content (AvgIpc) is 2.90. The van der Waals surface area contributed by atoms with E-state index in [1.807, 2.05) is 6.92 Å². The van der Waals surface area contributed by atoms with Crippen LogP contribution in [0.2, 0.25) is 5.04 Å². The van der Waals surface area contributed by atoms with E-state index in [0.717, 1.165) is 0 Å². The van der Waals surface area contributed by atoms with Crippen LogP contribution in [0.5, 0.6) is 0 Å². The van der Waals surface area contributed by atoms with Crippen LogP contribution in [0, 0.1) is 0 Å². The molecule has 1 heterocycles. The Hall–Kier alpha value is -0.733. The molecule has 4 atom stereocenters. The van der Waals surface area contributed by atoms with Crippen molar-refractivity contribution < 1.29 is 14.3 Å². The quantitative estimate of drug-likeness (QED) is 0.391. The van der Waals surface area contributed by atoms with Crippen LogP contribution in [-0.4, -0.2) is 42.3 Å². The number of hydrogen-bond acceptors (Lipinski definition) is 3. The highest BCUT2D eigenvalue weighted by Crippen LogP contribution is 2.38. The first-order chi connectivity index (χ1) is 12.8. The predicted molar refractivity (Wildman–Crippen MR) is 122 cm³/mol. The van der Waals surface area contributed by atoms with Crippen molar-refractivity contribution in [2.45, 2.75) is 55.0 Å². The summed E-state index contributed by atoms with van der Waals surface area (Å²) in [5.41, 5.74) is 0. The number of alkyl halides is 1. The Bertz CT molecular complexity index is 693. The van der Waals surface area contributed by atoms with Gasteiger partial charge in [0.1, 0.15) is 0 Å². The van der Waals surface area contributed by atoms with E-state index < -0.39 is 14.4 Å². The fraction of sp³-hybridized carbons (Fsp3) is 0.455. The zero-order valence-corrected chi connectivity index (χ0v) is 19.6. The zero-order chi connectivity index (χ0) is 19.7. The molecule has 27 heavy (non-hydrogen) atoms. The molecule has 0 unspecified atom stereocenters. The molecule has 0 radical (unpaired) electrons. The summed E-state index contributed by atoms with van der Waals surface area (Å²) in [6.07, 6.45) is -0.699. The summed E-state index contributed by atoms with van der Waals surface area (Å²) in [5.74, 6) is 0.